The highest BCUT2D eigenvalue weighted by atomic mass is 32.2. The van der Waals surface area contributed by atoms with Crippen molar-refractivity contribution in [3.05, 3.63) is 94.5 Å². The Kier molecular flexibility index (Phi) is 7.13. The molecule has 0 spiro atoms. The predicted octanol–water partition coefficient (Wildman–Crippen LogP) is 4.78. The van der Waals surface area contributed by atoms with Gasteiger partial charge in [0.05, 0.1) is 4.90 Å². The van der Waals surface area contributed by atoms with Crippen molar-refractivity contribution in [3.8, 4) is 0 Å². The van der Waals surface area contributed by atoms with Gasteiger partial charge in [-0.1, -0.05) is 42.5 Å². The van der Waals surface area contributed by atoms with Crippen LogP contribution in [-0.2, 0) is 16.4 Å². The molecule has 162 valence electrons. The summed E-state index contributed by atoms with van der Waals surface area (Å²) in [6, 6.07) is 20.2. The Labute approximate surface area is 184 Å². The van der Waals surface area contributed by atoms with Crippen LogP contribution in [0.4, 0.5) is 5.69 Å². The minimum atomic E-state index is -3.82. The molecule has 0 radical (unpaired) electrons. The van der Waals surface area contributed by atoms with Gasteiger partial charge < -0.3 is 5.32 Å². The number of carbonyl (C=O) groups is 1. The van der Waals surface area contributed by atoms with Gasteiger partial charge in [-0.3, -0.25) is 9.52 Å². The highest BCUT2D eigenvalue weighted by Gasteiger charge is 2.19. The largest absolute Gasteiger partial charge is 0.352 e. The van der Waals surface area contributed by atoms with Crippen LogP contribution in [0.2, 0.25) is 0 Å². The molecule has 0 aliphatic heterocycles. The molecule has 0 saturated carbocycles. The van der Waals surface area contributed by atoms with Crippen molar-refractivity contribution in [1.29, 1.82) is 0 Å². The smallest absolute Gasteiger partial charge is 0.262 e. The second-order valence-corrected chi connectivity index (χ2v) is 9.38. The fraction of sp³-hybridized carbons (Fsp3) is 0.240. The predicted molar refractivity (Wildman–Crippen MR) is 125 cm³/mol. The van der Waals surface area contributed by atoms with Gasteiger partial charge in [0.2, 0.25) is 0 Å². The van der Waals surface area contributed by atoms with Gasteiger partial charge in [0.15, 0.2) is 0 Å². The number of anilines is 1. The minimum Gasteiger partial charge on any atom is -0.352 e. The molecule has 0 fully saturated rings. The van der Waals surface area contributed by atoms with Crippen molar-refractivity contribution in [1.82, 2.24) is 5.32 Å². The van der Waals surface area contributed by atoms with E-state index in [0.717, 1.165) is 24.0 Å². The lowest BCUT2D eigenvalue weighted by atomic mass is 10.1. The molecule has 0 aromatic heterocycles. The summed E-state index contributed by atoms with van der Waals surface area (Å²) >= 11 is 0. The number of nitrogens with one attached hydrogen (secondary N) is 2. The molecule has 0 saturated heterocycles. The third kappa shape index (κ3) is 5.95. The molecule has 0 aliphatic carbocycles. The van der Waals surface area contributed by atoms with E-state index in [4.69, 9.17) is 0 Å². The molecule has 6 heteroatoms. The Balaban J connectivity index is 1.68. The maximum atomic E-state index is 13.0. The van der Waals surface area contributed by atoms with E-state index in [1.54, 1.807) is 31.2 Å². The Bertz CT molecular complexity index is 1170. The molecule has 0 bridgehead atoms. The second-order valence-electron chi connectivity index (χ2n) is 7.73. The van der Waals surface area contributed by atoms with Crippen LogP contribution in [0.25, 0.3) is 0 Å². The SMILES string of the molecule is Cc1ccc(NS(=O)(=O)c2cc(C(=O)NCCCc3ccccc3)ccc2C)cc1C. The lowest BCUT2D eigenvalue weighted by Crippen LogP contribution is -2.25. The first-order valence-corrected chi connectivity index (χ1v) is 11.8. The average Bonchev–Trinajstić information content (AvgIpc) is 2.74. The summed E-state index contributed by atoms with van der Waals surface area (Å²) in [5.41, 5.74) is 4.71. The Morgan fingerprint density at radius 2 is 1.55 bits per heavy atom. The van der Waals surface area contributed by atoms with Crippen LogP contribution in [0, 0.1) is 20.8 Å². The highest BCUT2D eigenvalue weighted by molar-refractivity contribution is 7.92. The van der Waals surface area contributed by atoms with Crippen molar-refractivity contribution in [2.45, 2.75) is 38.5 Å². The number of hydrogen-bond acceptors (Lipinski definition) is 3. The third-order valence-corrected chi connectivity index (χ3v) is 6.79. The van der Waals surface area contributed by atoms with E-state index < -0.39 is 10.0 Å². The summed E-state index contributed by atoms with van der Waals surface area (Å²) in [6.45, 7) is 6.14. The quantitative estimate of drug-likeness (QED) is 0.499. The molecule has 3 aromatic rings. The van der Waals surface area contributed by atoms with Crippen LogP contribution in [0.1, 0.15) is 39.0 Å². The first-order valence-electron chi connectivity index (χ1n) is 10.3. The van der Waals surface area contributed by atoms with Crippen molar-refractivity contribution in [2.75, 3.05) is 11.3 Å². The second kappa shape index (κ2) is 9.79. The fourth-order valence-corrected chi connectivity index (χ4v) is 4.61. The lowest BCUT2D eigenvalue weighted by molar-refractivity contribution is 0.0953. The monoisotopic (exact) mass is 436 g/mol. The molecule has 1 amide bonds. The van der Waals surface area contributed by atoms with Gasteiger partial charge >= 0.3 is 0 Å². The van der Waals surface area contributed by atoms with Crippen molar-refractivity contribution in [2.24, 2.45) is 0 Å². The van der Waals surface area contributed by atoms with Crippen LogP contribution >= 0.6 is 0 Å². The first-order chi connectivity index (χ1) is 14.8. The molecular weight excluding hydrogens is 408 g/mol. The van der Waals surface area contributed by atoms with Gasteiger partial charge in [-0.2, -0.15) is 0 Å². The molecule has 0 aliphatic rings. The van der Waals surface area contributed by atoms with E-state index in [9.17, 15) is 13.2 Å². The van der Waals surface area contributed by atoms with Gasteiger partial charge in [-0.05, 0) is 80.1 Å². The molecule has 0 heterocycles. The van der Waals surface area contributed by atoms with Crippen molar-refractivity contribution >= 4 is 21.6 Å². The molecule has 3 rings (SSSR count). The summed E-state index contributed by atoms with van der Waals surface area (Å²) in [4.78, 5) is 12.7. The maximum absolute atomic E-state index is 13.0. The third-order valence-electron chi connectivity index (χ3n) is 5.27. The van der Waals surface area contributed by atoms with E-state index in [0.29, 0.717) is 23.4 Å². The van der Waals surface area contributed by atoms with Gasteiger partial charge in [-0.25, -0.2) is 8.42 Å². The van der Waals surface area contributed by atoms with Gasteiger partial charge in [-0.15, -0.1) is 0 Å². The Morgan fingerprint density at radius 1 is 0.839 bits per heavy atom. The number of carbonyl (C=O) groups excluding carboxylic acids is 1. The Morgan fingerprint density at radius 3 is 2.26 bits per heavy atom. The maximum Gasteiger partial charge on any atom is 0.262 e. The van der Waals surface area contributed by atoms with E-state index in [-0.39, 0.29) is 10.8 Å². The number of sulfonamides is 1. The number of aryl methyl sites for hydroxylation is 4. The molecule has 2 N–H and O–H groups in total. The first kappa shape index (κ1) is 22.6. The molecule has 31 heavy (non-hydrogen) atoms. The lowest BCUT2D eigenvalue weighted by Gasteiger charge is -2.13. The van der Waals surface area contributed by atoms with Gasteiger partial charge in [0, 0.05) is 17.8 Å². The topological polar surface area (TPSA) is 75.3 Å². The molecular formula is C25H28N2O3S. The van der Waals surface area contributed by atoms with Gasteiger partial charge in [0.1, 0.15) is 0 Å². The standard InChI is InChI=1S/C25H28N2O3S/c1-18-12-14-23(16-20(18)3)27-31(29,30)24-17-22(13-11-19(24)2)25(28)26-15-7-10-21-8-5-4-6-9-21/h4-6,8-9,11-14,16-17,27H,7,10,15H2,1-3H3,(H,26,28). The number of benzene rings is 3. The average molecular weight is 437 g/mol. The Hall–Kier alpha value is -3.12. The molecule has 0 unspecified atom stereocenters. The van der Waals surface area contributed by atoms with Crippen LogP contribution in [0.5, 0.6) is 0 Å². The number of hydrogen-bond donors (Lipinski definition) is 2. The van der Waals surface area contributed by atoms with E-state index in [2.05, 4.69) is 22.2 Å². The summed E-state index contributed by atoms with van der Waals surface area (Å²) in [5, 5.41) is 2.88. The van der Waals surface area contributed by atoms with Crippen LogP contribution in [-0.4, -0.2) is 20.9 Å². The van der Waals surface area contributed by atoms with E-state index in [1.165, 1.54) is 11.6 Å². The molecule has 0 atom stereocenters. The van der Waals surface area contributed by atoms with Crippen LogP contribution < -0.4 is 10.0 Å². The van der Waals surface area contributed by atoms with Gasteiger partial charge in [0.25, 0.3) is 15.9 Å². The zero-order chi connectivity index (χ0) is 22.4. The zero-order valence-electron chi connectivity index (χ0n) is 18.1. The summed E-state index contributed by atoms with van der Waals surface area (Å²) in [6.07, 6.45) is 1.68. The summed E-state index contributed by atoms with van der Waals surface area (Å²) in [7, 11) is -3.82. The summed E-state index contributed by atoms with van der Waals surface area (Å²) in [5.74, 6) is -0.282. The summed E-state index contributed by atoms with van der Waals surface area (Å²) < 4.78 is 28.6. The van der Waals surface area contributed by atoms with E-state index in [1.807, 2.05) is 38.1 Å². The zero-order valence-corrected chi connectivity index (χ0v) is 18.9. The van der Waals surface area contributed by atoms with Crippen LogP contribution in [0.15, 0.2) is 71.6 Å². The normalized spacial score (nSPS) is 11.2. The number of amides is 1. The molecule has 5 nitrogen and oxygen atoms in total. The highest BCUT2D eigenvalue weighted by Crippen LogP contribution is 2.22. The van der Waals surface area contributed by atoms with Crippen LogP contribution in [0.3, 0.4) is 0 Å². The molecule has 3 aromatic carbocycles. The van der Waals surface area contributed by atoms with E-state index >= 15 is 0 Å². The minimum absolute atomic E-state index is 0.0997. The fourth-order valence-electron chi connectivity index (χ4n) is 3.29. The van der Waals surface area contributed by atoms with Crippen molar-refractivity contribution < 1.29 is 13.2 Å². The number of rotatable bonds is 8. The van der Waals surface area contributed by atoms with Crippen molar-refractivity contribution in [3.63, 3.8) is 0 Å².